The highest BCUT2D eigenvalue weighted by molar-refractivity contribution is 7.19. The average molecular weight is 535 g/mol. The number of rotatable bonds is 6. The highest BCUT2D eigenvalue weighted by Crippen LogP contribution is 2.37. The van der Waals surface area contributed by atoms with E-state index in [0.717, 1.165) is 57.5 Å². The molecule has 0 spiro atoms. The molecule has 13 heteroatoms. The fourth-order valence-electron chi connectivity index (χ4n) is 4.45. The van der Waals surface area contributed by atoms with Gasteiger partial charge in [0.2, 0.25) is 5.95 Å². The number of hydrogen-bond donors (Lipinski definition) is 3. The van der Waals surface area contributed by atoms with E-state index in [9.17, 15) is 4.79 Å². The number of fused-ring (bicyclic) bond motifs is 2. The molecule has 0 unspecified atom stereocenters. The molecule has 4 aromatic rings. The van der Waals surface area contributed by atoms with Gasteiger partial charge in [-0.25, -0.2) is 25.4 Å². The SMILES string of the molecule is CN(Cc1cc2nc(-c3ccc4c(c3)NCCO4)nc(N3CCOCC3)c2s1)c1ncc(C(=O)NO)cn1. The zero-order valence-electron chi connectivity index (χ0n) is 20.7. The van der Waals surface area contributed by atoms with Gasteiger partial charge in [0, 0.05) is 49.5 Å². The number of hydrogen-bond acceptors (Lipinski definition) is 12. The molecule has 3 N–H and O–H groups in total. The van der Waals surface area contributed by atoms with Crippen molar-refractivity contribution in [2.75, 3.05) is 61.6 Å². The number of amides is 1. The number of morpholine rings is 1. The molecule has 1 aromatic carbocycles. The fourth-order valence-corrected chi connectivity index (χ4v) is 5.61. The maximum atomic E-state index is 11.6. The van der Waals surface area contributed by atoms with Crippen LogP contribution in [0.25, 0.3) is 21.6 Å². The molecule has 0 bridgehead atoms. The predicted octanol–water partition coefficient (Wildman–Crippen LogP) is 2.54. The maximum Gasteiger partial charge on any atom is 0.277 e. The van der Waals surface area contributed by atoms with Crippen LogP contribution >= 0.6 is 11.3 Å². The average Bonchev–Trinajstić information content (AvgIpc) is 3.38. The predicted molar refractivity (Wildman–Crippen MR) is 143 cm³/mol. The lowest BCUT2D eigenvalue weighted by Crippen LogP contribution is -2.36. The van der Waals surface area contributed by atoms with Crippen LogP contribution in [-0.2, 0) is 11.3 Å². The molecule has 5 heterocycles. The van der Waals surface area contributed by atoms with Crippen molar-refractivity contribution < 1.29 is 19.5 Å². The smallest absolute Gasteiger partial charge is 0.277 e. The molecular weight excluding hydrogens is 508 g/mol. The number of nitrogens with zero attached hydrogens (tertiary/aromatic N) is 6. The van der Waals surface area contributed by atoms with Crippen LogP contribution in [-0.4, -0.2) is 77.6 Å². The molecule has 0 aliphatic carbocycles. The summed E-state index contributed by atoms with van der Waals surface area (Å²) in [5, 5.41) is 12.2. The lowest BCUT2D eigenvalue weighted by atomic mass is 10.1. The Morgan fingerprint density at radius 1 is 1.18 bits per heavy atom. The minimum Gasteiger partial charge on any atom is -0.490 e. The quantitative estimate of drug-likeness (QED) is 0.248. The molecule has 1 amide bonds. The maximum absolute atomic E-state index is 11.6. The summed E-state index contributed by atoms with van der Waals surface area (Å²) in [7, 11) is 1.88. The Balaban J connectivity index is 1.34. The molecule has 0 radical (unpaired) electrons. The summed E-state index contributed by atoms with van der Waals surface area (Å²) in [5.74, 6) is 2.21. The highest BCUT2D eigenvalue weighted by atomic mass is 32.1. The Kier molecular flexibility index (Phi) is 6.62. The van der Waals surface area contributed by atoms with E-state index in [1.165, 1.54) is 12.4 Å². The van der Waals surface area contributed by atoms with E-state index in [-0.39, 0.29) is 5.56 Å². The van der Waals surface area contributed by atoms with Crippen molar-refractivity contribution in [3.05, 3.63) is 47.1 Å². The van der Waals surface area contributed by atoms with Gasteiger partial charge in [-0.2, -0.15) is 0 Å². The summed E-state index contributed by atoms with van der Waals surface area (Å²) in [4.78, 5) is 35.3. The van der Waals surface area contributed by atoms with E-state index in [2.05, 4.69) is 26.3 Å². The van der Waals surface area contributed by atoms with Crippen LogP contribution in [0.15, 0.2) is 36.7 Å². The molecule has 1 saturated heterocycles. The van der Waals surface area contributed by atoms with Crippen molar-refractivity contribution >= 4 is 44.9 Å². The molecule has 0 saturated carbocycles. The first-order chi connectivity index (χ1) is 18.6. The highest BCUT2D eigenvalue weighted by Gasteiger charge is 2.22. The minimum absolute atomic E-state index is 0.174. The van der Waals surface area contributed by atoms with Gasteiger partial charge in [-0.15, -0.1) is 11.3 Å². The van der Waals surface area contributed by atoms with Gasteiger partial charge in [0.05, 0.1) is 41.2 Å². The second kappa shape index (κ2) is 10.4. The number of carbonyl (C=O) groups excluding carboxylic acids is 1. The number of carbonyl (C=O) groups is 1. The van der Waals surface area contributed by atoms with E-state index < -0.39 is 5.91 Å². The van der Waals surface area contributed by atoms with Crippen molar-refractivity contribution in [1.82, 2.24) is 25.4 Å². The first-order valence-electron chi connectivity index (χ1n) is 12.2. The first-order valence-corrected chi connectivity index (χ1v) is 13.0. The molecule has 2 aliphatic heterocycles. The Morgan fingerprint density at radius 3 is 2.79 bits per heavy atom. The molecule has 196 valence electrons. The third kappa shape index (κ3) is 4.78. The van der Waals surface area contributed by atoms with E-state index in [0.29, 0.717) is 38.1 Å². The van der Waals surface area contributed by atoms with Crippen molar-refractivity contribution in [3.8, 4) is 17.1 Å². The lowest BCUT2D eigenvalue weighted by Gasteiger charge is -2.28. The molecule has 2 aliphatic rings. The normalized spacial score (nSPS) is 14.9. The van der Waals surface area contributed by atoms with Crippen molar-refractivity contribution in [3.63, 3.8) is 0 Å². The van der Waals surface area contributed by atoms with Crippen molar-refractivity contribution in [2.45, 2.75) is 6.54 Å². The second-order valence-electron chi connectivity index (χ2n) is 8.95. The third-order valence-corrected chi connectivity index (χ3v) is 7.47. The summed E-state index contributed by atoms with van der Waals surface area (Å²) in [6, 6.07) is 8.08. The van der Waals surface area contributed by atoms with Gasteiger partial charge in [-0.05, 0) is 24.3 Å². The number of benzene rings is 1. The van der Waals surface area contributed by atoms with Crippen LogP contribution < -0.4 is 25.3 Å². The summed E-state index contributed by atoms with van der Waals surface area (Å²) in [6.07, 6.45) is 2.75. The Bertz CT molecular complexity index is 1470. The van der Waals surface area contributed by atoms with E-state index in [1.807, 2.05) is 30.1 Å². The lowest BCUT2D eigenvalue weighted by molar-refractivity contribution is 0.0705. The topological polar surface area (TPSA) is 138 Å². The Labute approximate surface area is 222 Å². The molecule has 6 rings (SSSR count). The standard InChI is InChI=1S/C25H26N8O4S/c1-32(25-27-12-16(13-28-25)24(34)31-35)14-17-11-19-21(38-17)23(33-5-8-36-9-6-33)30-22(29-19)15-2-3-20-18(10-15)26-4-7-37-20/h2-3,10-13,26,35H,4-9,14H2,1H3,(H,31,34). The summed E-state index contributed by atoms with van der Waals surface area (Å²) in [5.41, 5.74) is 4.50. The Hall–Kier alpha value is -4.07. The van der Waals surface area contributed by atoms with Crippen LogP contribution in [0.4, 0.5) is 17.5 Å². The van der Waals surface area contributed by atoms with E-state index in [1.54, 1.807) is 16.8 Å². The van der Waals surface area contributed by atoms with Gasteiger partial charge in [-0.1, -0.05) is 0 Å². The summed E-state index contributed by atoms with van der Waals surface area (Å²) < 4.78 is 12.3. The van der Waals surface area contributed by atoms with Crippen LogP contribution in [0.1, 0.15) is 15.2 Å². The fraction of sp³-hybridized carbons (Fsp3) is 0.320. The van der Waals surface area contributed by atoms with Gasteiger partial charge >= 0.3 is 0 Å². The number of nitrogens with one attached hydrogen (secondary N) is 2. The first kappa shape index (κ1) is 24.3. The molecule has 12 nitrogen and oxygen atoms in total. The van der Waals surface area contributed by atoms with Crippen LogP contribution in [0.2, 0.25) is 0 Å². The van der Waals surface area contributed by atoms with E-state index in [4.69, 9.17) is 24.6 Å². The van der Waals surface area contributed by atoms with Crippen molar-refractivity contribution in [1.29, 1.82) is 0 Å². The van der Waals surface area contributed by atoms with Gasteiger partial charge in [0.1, 0.15) is 12.4 Å². The minimum atomic E-state index is -0.657. The molecule has 1 fully saturated rings. The number of aromatic nitrogens is 4. The molecular formula is C25H26N8O4S. The number of thiophene rings is 1. The van der Waals surface area contributed by atoms with Crippen LogP contribution in [0.5, 0.6) is 5.75 Å². The number of ether oxygens (including phenoxy) is 2. The largest absolute Gasteiger partial charge is 0.490 e. The monoisotopic (exact) mass is 534 g/mol. The van der Waals surface area contributed by atoms with Crippen LogP contribution in [0, 0.1) is 0 Å². The second-order valence-corrected chi connectivity index (χ2v) is 10.1. The molecule has 3 aromatic heterocycles. The Morgan fingerprint density at radius 2 is 2.00 bits per heavy atom. The van der Waals surface area contributed by atoms with Gasteiger partial charge in [0.25, 0.3) is 5.91 Å². The zero-order chi connectivity index (χ0) is 26.1. The number of hydroxylamine groups is 1. The van der Waals surface area contributed by atoms with Gasteiger partial charge in [0.15, 0.2) is 11.6 Å². The zero-order valence-corrected chi connectivity index (χ0v) is 21.5. The summed E-state index contributed by atoms with van der Waals surface area (Å²) in [6.45, 7) is 4.80. The third-order valence-electron chi connectivity index (χ3n) is 6.36. The molecule has 0 atom stereocenters. The molecule has 38 heavy (non-hydrogen) atoms. The van der Waals surface area contributed by atoms with E-state index >= 15 is 0 Å². The summed E-state index contributed by atoms with van der Waals surface area (Å²) >= 11 is 1.64. The van der Waals surface area contributed by atoms with Crippen molar-refractivity contribution in [2.24, 2.45) is 0 Å². The van der Waals surface area contributed by atoms with Gasteiger partial charge in [-0.3, -0.25) is 10.0 Å². The number of anilines is 3. The van der Waals surface area contributed by atoms with Crippen LogP contribution in [0.3, 0.4) is 0 Å². The van der Waals surface area contributed by atoms with Gasteiger partial charge < -0.3 is 24.6 Å².